The van der Waals surface area contributed by atoms with Gasteiger partial charge in [-0.2, -0.15) is 0 Å². The first-order valence-electron chi connectivity index (χ1n) is 4.30. The minimum Gasteiger partial charge on any atom is -0.481 e. The van der Waals surface area contributed by atoms with E-state index in [0.29, 0.717) is 0 Å². The Balaban J connectivity index is -0.000000334. The zero-order valence-corrected chi connectivity index (χ0v) is 10.4. The van der Waals surface area contributed by atoms with Gasteiger partial charge in [-0.15, -0.1) is 0 Å². The number of nitrogens with zero attached hydrogens (tertiary/aromatic N) is 3. The summed E-state index contributed by atoms with van der Waals surface area (Å²) in [4.78, 5) is 51.4. The molecule has 15 heteroatoms. The molecule has 0 saturated heterocycles. The van der Waals surface area contributed by atoms with E-state index in [1.165, 1.54) is 0 Å². The van der Waals surface area contributed by atoms with E-state index in [1.54, 1.807) is 0 Å². The summed E-state index contributed by atoms with van der Waals surface area (Å²) < 4.78 is 0. The number of carbonyl (C=O) groups is 3. The molecule has 0 unspecified atom stereocenters. The zero-order chi connectivity index (χ0) is 18.0. The number of hydrogen-bond donors (Lipinski definition) is 3. The predicted octanol–water partition coefficient (Wildman–Crippen LogP) is -1.26. The Labute approximate surface area is 113 Å². The van der Waals surface area contributed by atoms with Gasteiger partial charge in [0.15, 0.2) is 14.8 Å². The van der Waals surface area contributed by atoms with Gasteiger partial charge in [-0.1, -0.05) is 0 Å². The smallest absolute Gasteiger partial charge is 0.481 e. The summed E-state index contributed by atoms with van der Waals surface area (Å²) >= 11 is 0. The molecule has 21 heavy (non-hydrogen) atoms. The predicted molar refractivity (Wildman–Crippen MR) is 58.0 cm³/mol. The van der Waals surface area contributed by atoms with Crippen molar-refractivity contribution >= 4 is 17.9 Å². The first-order valence-corrected chi connectivity index (χ1v) is 4.30. The maximum atomic E-state index is 10.0. The molecule has 0 aromatic carbocycles. The molecule has 0 atom stereocenters. The summed E-state index contributed by atoms with van der Waals surface area (Å²) in [7, 11) is 0. The van der Waals surface area contributed by atoms with Crippen LogP contribution in [0.1, 0.15) is 13.8 Å². The van der Waals surface area contributed by atoms with Crippen molar-refractivity contribution in [3.05, 3.63) is 30.3 Å². The molecule has 120 valence electrons. The van der Waals surface area contributed by atoms with Crippen molar-refractivity contribution in [1.29, 1.82) is 0 Å². The van der Waals surface area contributed by atoms with E-state index in [9.17, 15) is 35.1 Å². The van der Waals surface area contributed by atoms with Crippen LogP contribution in [0.2, 0.25) is 0 Å². The van der Waals surface area contributed by atoms with Gasteiger partial charge < -0.3 is 15.3 Å². The van der Waals surface area contributed by atoms with E-state index in [2.05, 4.69) is 0 Å². The monoisotopic (exact) mass is 315 g/mol. The molecular weight excluding hydrogens is 306 g/mol. The number of hydrogen-bond acceptors (Lipinski definition) is 9. The summed E-state index contributed by atoms with van der Waals surface area (Å²) in [5.74, 6) is -8.84. The lowest BCUT2D eigenvalue weighted by molar-refractivity contribution is -0.949. The van der Waals surface area contributed by atoms with E-state index in [0.717, 1.165) is 13.8 Å². The molecule has 0 bridgehead atoms. The summed E-state index contributed by atoms with van der Waals surface area (Å²) in [5, 5.41) is 52.5. The molecular formula is C6H9N3O12. The maximum Gasteiger partial charge on any atom is 0.799 e. The molecule has 0 rings (SSSR count). The van der Waals surface area contributed by atoms with Gasteiger partial charge in [-0.05, 0) is 0 Å². The molecule has 15 nitrogen and oxygen atoms in total. The largest absolute Gasteiger partial charge is 0.799 e. The Hall–Kier alpha value is -3.39. The summed E-state index contributed by atoms with van der Waals surface area (Å²) in [5.41, 5.74) is 0. The average molecular weight is 315 g/mol. The van der Waals surface area contributed by atoms with E-state index >= 15 is 0 Å². The molecule has 0 radical (unpaired) electrons. The van der Waals surface area contributed by atoms with Crippen molar-refractivity contribution in [3.63, 3.8) is 0 Å². The summed E-state index contributed by atoms with van der Waals surface area (Å²) in [6.07, 6.45) is 0. The first-order chi connectivity index (χ1) is 9.24. The fraction of sp³-hybridized carbons (Fsp3) is 0.500. The number of rotatable bonds is 4. The Morgan fingerprint density at radius 2 is 0.905 bits per heavy atom. The highest BCUT2D eigenvalue weighted by atomic mass is 16.7. The van der Waals surface area contributed by atoms with E-state index in [-0.39, 0.29) is 0 Å². The molecule has 0 fully saturated rings. The van der Waals surface area contributed by atoms with Gasteiger partial charge in [0.25, 0.3) is 11.9 Å². The Morgan fingerprint density at radius 1 is 0.762 bits per heavy atom. The van der Waals surface area contributed by atoms with Crippen LogP contribution in [0.4, 0.5) is 0 Å². The average Bonchev–Trinajstić information content (AvgIpc) is 2.12. The third-order valence-electron chi connectivity index (χ3n) is 1.05. The van der Waals surface area contributed by atoms with Crippen LogP contribution in [0.3, 0.4) is 0 Å². The van der Waals surface area contributed by atoms with Gasteiger partial charge >= 0.3 is 11.8 Å². The first kappa shape index (κ1) is 22.8. The molecule has 0 saturated carbocycles. The third-order valence-corrected chi connectivity index (χ3v) is 1.05. The highest BCUT2D eigenvalue weighted by Gasteiger charge is 2.79. The molecule has 0 aliphatic heterocycles. The molecule has 0 heterocycles. The lowest BCUT2D eigenvalue weighted by Crippen LogP contribution is -2.59. The lowest BCUT2D eigenvalue weighted by Gasteiger charge is -2.02. The van der Waals surface area contributed by atoms with Crippen LogP contribution in [0.5, 0.6) is 0 Å². The van der Waals surface area contributed by atoms with Crippen LogP contribution in [0.15, 0.2) is 0 Å². The molecule has 0 aliphatic carbocycles. The van der Waals surface area contributed by atoms with Gasteiger partial charge in [0.05, 0.1) is 0 Å². The van der Waals surface area contributed by atoms with Crippen molar-refractivity contribution < 1.29 is 44.5 Å². The van der Waals surface area contributed by atoms with Gasteiger partial charge in [0.2, 0.25) is 0 Å². The zero-order valence-electron chi connectivity index (χ0n) is 10.4. The SMILES string of the molecule is CC(=O)O.CC(=O)O.O=C(O)C([N+](=O)[O-])([N+](=O)[O-])[N+](=O)[O-]. The summed E-state index contributed by atoms with van der Waals surface area (Å²) in [6.45, 7) is 2.17. The highest BCUT2D eigenvalue weighted by Crippen LogP contribution is 2.11. The number of carboxylic acid groups (broad SMARTS) is 3. The van der Waals surface area contributed by atoms with Gasteiger partial charge in [-0.3, -0.25) is 39.9 Å². The minimum absolute atomic E-state index is 0.833. The Kier molecular flexibility index (Phi) is 10.3. The lowest BCUT2D eigenvalue weighted by atomic mass is 10.4. The van der Waals surface area contributed by atoms with Crippen molar-refractivity contribution in [1.82, 2.24) is 0 Å². The van der Waals surface area contributed by atoms with Gasteiger partial charge in [0, 0.05) is 13.8 Å². The van der Waals surface area contributed by atoms with Crippen molar-refractivity contribution in [2.24, 2.45) is 0 Å². The van der Waals surface area contributed by atoms with Crippen LogP contribution in [0.25, 0.3) is 0 Å². The Morgan fingerprint density at radius 3 is 0.905 bits per heavy atom. The van der Waals surface area contributed by atoms with Crippen molar-refractivity contribution in [3.8, 4) is 0 Å². The fourth-order valence-electron chi connectivity index (χ4n) is 0.434. The Bertz CT molecular complexity index is 374. The van der Waals surface area contributed by atoms with Crippen molar-refractivity contribution in [2.45, 2.75) is 19.6 Å². The van der Waals surface area contributed by atoms with Crippen LogP contribution in [0, 0.1) is 30.3 Å². The quantitative estimate of drug-likeness (QED) is 0.312. The second kappa shape index (κ2) is 9.53. The molecule has 0 spiro atoms. The highest BCUT2D eigenvalue weighted by molar-refractivity contribution is 5.72. The van der Waals surface area contributed by atoms with E-state index in [4.69, 9.17) is 24.9 Å². The molecule has 0 aromatic heterocycles. The van der Waals surface area contributed by atoms with Crippen molar-refractivity contribution in [2.75, 3.05) is 0 Å². The maximum absolute atomic E-state index is 10.0. The standard InChI is InChI=1S/C2HN3O8.2C2H4O2/c6-1(7)2(3(8)9,4(10)11)5(12)13;2*1-2(3)4/h(H,6,7);2*1H3,(H,3,4). The third kappa shape index (κ3) is 8.35. The van der Waals surface area contributed by atoms with Crippen LogP contribution in [-0.4, -0.2) is 53.8 Å². The number of aliphatic carboxylic acids is 3. The molecule has 3 N–H and O–H groups in total. The van der Waals surface area contributed by atoms with Crippen LogP contribution < -0.4 is 0 Å². The van der Waals surface area contributed by atoms with E-state index in [1.807, 2.05) is 0 Å². The number of nitro groups is 3. The summed E-state index contributed by atoms with van der Waals surface area (Å²) in [6, 6.07) is 0. The minimum atomic E-state index is -4.42. The van der Waals surface area contributed by atoms with Crippen LogP contribution in [-0.2, 0) is 14.4 Å². The molecule has 0 aliphatic rings. The number of carboxylic acids is 3. The molecule has 0 amide bonds. The van der Waals surface area contributed by atoms with Gasteiger partial charge in [0.1, 0.15) is 0 Å². The normalized spacial score (nSPS) is 8.86. The second-order valence-corrected chi connectivity index (χ2v) is 2.75. The van der Waals surface area contributed by atoms with Gasteiger partial charge in [-0.25, -0.2) is 4.79 Å². The fourth-order valence-corrected chi connectivity index (χ4v) is 0.434. The topological polar surface area (TPSA) is 241 Å². The van der Waals surface area contributed by atoms with E-state index < -0.39 is 38.5 Å². The molecule has 0 aromatic rings. The van der Waals surface area contributed by atoms with Crippen LogP contribution >= 0.6 is 0 Å². The second-order valence-electron chi connectivity index (χ2n) is 2.75.